The van der Waals surface area contributed by atoms with Crippen LogP contribution in [0.15, 0.2) is 0 Å². The standard InChI is InChI=1S/C16H34.CO2/c1-3-5-7-9-11-13-15-16-14-12-10-8-6-4-2;2-1-3/h3-16H2,1-2H3;. The van der Waals surface area contributed by atoms with Gasteiger partial charge in [0.25, 0.3) is 0 Å². The first-order valence-corrected chi connectivity index (χ1v) is 8.32. The van der Waals surface area contributed by atoms with Crippen LogP contribution in [0.25, 0.3) is 0 Å². The number of unbranched alkanes of at least 4 members (excludes halogenated alkanes) is 13. The molecule has 0 atom stereocenters. The van der Waals surface area contributed by atoms with Gasteiger partial charge in [0.2, 0.25) is 0 Å². The minimum absolute atomic E-state index is 0.250. The zero-order valence-corrected chi connectivity index (χ0v) is 13.2. The molecule has 0 spiro atoms. The summed E-state index contributed by atoms with van der Waals surface area (Å²) >= 11 is 0. The summed E-state index contributed by atoms with van der Waals surface area (Å²) in [6.45, 7) is 4.58. The van der Waals surface area contributed by atoms with Crippen LogP contribution in [0.4, 0.5) is 0 Å². The third kappa shape index (κ3) is 26.8. The second-order valence-corrected chi connectivity index (χ2v) is 5.33. The van der Waals surface area contributed by atoms with Gasteiger partial charge in [-0.05, 0) is 0 Å². The SMILES string of the molecule is CCCCCCCCCCCCCCCC.O=C=O. The van der Waals surface area contributed by atoms with Gasteiger partial charge in [-0.15, -0.1) is 0 Å². The van der Waals surface area contributed by atoms with E-state index >= 15 is 0 Å². The molecule has 0 saturated carbocycles. The fourth-order valence-corrected chi connectivity index (χ4v) is 2.27. The van der Waals surface area contributed by atoms with Gasteiger partial charge in [0.15, 0.2) is 0 Å². The van der Waals surface area contributed by atoms with Crippen LogP contribution in [0.2, 0.25) is 0 Å². The summed E-state index contributed by atoms with van der Waals surface area (Å²) in [5.74, 6) is 0. The molecule has 2 heteroatoms. The Morgan fingerprint density at radius 2 is 0.632 bits per heavy atom. The molecule has 0 N–H and O–H groups in total. The maximum Gasteiger partial charge on any atom is 0.373 e. The van der Waals surface area contributed by atoms with Crippen LogP contribution in [-0.4, -0.2) is 6.15 Å². The number of rotatable bonds is 13. The smallest absolute Gasteiger partial charge is 0.186 e. The molecule has 114 valence electrons. The maximum absolute atomic E-state index is 8.12. The molecule has 0 heterocycles. The number of hydrogen-bond donors (Lipinski definition) is 0. The molecule has 0 aliphatic rings. The molecule has 0 aliphatic carbocycles. The molecule has 0 aromatic carbocycles. The zero-order valence-electron chi connectivity index (χ0n) is 13.2. The Morgan fingerprint density at radius 3 is 0.789 bits per heavy atom. The van der Waals surface area contributed by atoms with Crippen molar-refractivity contribution in [3.63, 3.8) is 0 Å². The van der Waals surface area contributed by atoms with Crippen LogP contribution in [0.3, 0.4) is 0 Å². The highest BCUT2D eigenvalue weighted by molar-refractivity contribution is 5.20. The average Bonchev–Trinajstić information content (AvgIpc) is 2.41. The van der Waals surface area contributed by atoms with E-state index in [0.717, 1.165) is 0 Å². The largest absolute Gasteiger partial charge is 0.373 e. The molecule has 2 nitrogen and oxygen atoms in total. The monoisotopic (exact) mass is 270 g/mol. The second kappa shape index (κ2) is 22.6. The quantitative estimate of drug-likeness (QED) is 0.390. The predicted octanol–water partition coefficient (Wildman–Crippen LogP) is 5.90. The Kier molecular flexibility index (Phi) is 24.6. The van der Waals surface area contributed by atoms with Crippen molar-refractivity contribution in [2.24, 2.45) is 0 Å². The van der Waals surface area contributed by atoms with E-state index in [4.69, 9.17) is 9.59 Å². The number of carbonyl (C=O) groups excluding carboxylic acids is 2. The van der Waals surface area contributed by atoms with Crippen molar-refractivity contribution in [3.8, 4) is 0 Å². The van der Waals surface area contributed by atoms with Crippen molar-refractivity contribution in [2.75, 3.05) is 0 Å². The van der Waals surface area contributed by atoms with E-state index in [1.165, 1.54) is 89.9 Å². The molecule has 0 unspecified atom stereocenters. The molecular weight excluding hydrogens is 236 g/mol. The first kappa shape index (κ1) is 20.7. The Labute approximate surface area is 120 Å². The molecule has 0 aliphatic heterocycles. The molecule has 19 heavy (non-hydrogen) atoms. The third-order valence-corrected chi connectivity index (χ3v) is 3.46. The molecule has 0 radical (unpaired) electrons. The van der Waals surface area contributed by atoms with Crippen LogP contribution >= 0.6 is 0 Å². The predicted molar refractivity (Wildman–Crippen MR) is 81.0 cm³/mol. The summed E-state index contributed by atoms with van der Waals surface area (Å²) in [5, 5.41) is 0. The van der Waals surface area contributed by atoms with E-state index < -0.39 is 0 Å². The van der Waals surface area contributed by atoms with E-state index in [9.17, 15) is 0 Å². The third-order valence-electron chi connectivity index (χ3n) is 3.46. The summed E-state index contributed by atoms with van der Waals surface area (Å²) in [4.78, 5) is 16.2. The van der Waals surface area contributed by atoms with Gasteiger partial charge in [-0.3, -0.25) is 0 Å². The molecule has 0 rings (SSSR count). The van der Waals surface area contributed by atoms with Crippen LogP contribution in [0.5, 0.6) is 0 Å². The van der Waals surface area contributed by atoms with Gasteiger partial charge in [0.05, 0.1) is 0 Å². The molecule has 0 fully saturated rings. The lowest BCUT2D eigenvalue weighted by Crippen LogP contribution is -1.82. The second-order valence-electron chi connectivity index (χ2n) is 5.33. The molecular formula is C17H34O2. The normalized spacial score (nSPS) is 9.58. The van der Waals surface area contributed by atoms with Gasteiger partial charge in [-0.2, -0.15) is 9.59 Å². The van der Waals surface area contributed by atoms with Crippen molar-refractivity contribution in [3.05, 3.63) is 0 Å². The first-order valence-electron chi connectivity index (χ1n) is 8.32. The topological polar surface area (TPSA) is 34.1 Å². The minimum atomic E-state index is 0.250. The maximum atomic E-state index is 8.12. The summed E-state index contributed by atoms with van der Waals surface area (Å²) in [6.07, 6.45) is 20.7. The van der Waals surface area contributed by atoms with E-state index in [-0.39, 0.29) is 6.15 Å². The van der Waals surface area contributed by atoms with Crippen LogP contribution in [0.1, 0.15) is 104 Å². The summed E-state index contributed by atoms with van der Waals surface area (Å²) in [6, 6.07) is 0. The highest BCUT2D eigenvalue weighted by atomic mass is 16.2. The van der Waals surface area contributed by atoms with E-state index in [0.29, 0.717) is 0 Å². The molecule has 0 aromatic heterocycles. The lowest BCUT2D eigenvalue weighted by molar-refractivity contribution is -0.191. The first-order chi connectivity index (χ1) is 9.33. The highest BCUT2D eigenvalue weighted by Gasteiger charge is 1.92. The van der Waals surface area contributed by atoms with Crippen LogP contribution < -0.4 is 0 Å². The van der Waals surface area contributed by atoms with Gasteiger partial charge >= 0.3 is 6.15 Å². The van der Waals surface area contributed by atoms with E-state index in [1.54, 1.807) is 0 Å². The summed E-state index contributed by atoms with van der Waals surface area (Å²) in [7, 11) is 0. The number of hydrogen-bond acceptors (Lipinski definition) is 2. The lowest BCUT2D eigenvalue weighted by atomic mass is 10.0. The Balaban J connectivity index is 0. The Hall–Kier alpha value is -0.620. The Bertz CT molecular complexity index is 158. The molecule has 0 bridgehead atoms. The van der Waals surface area contributed by atoms with Crippen molar-refractivity contribution in [1.29, 1.82) is 0 Å². The average molecular weight is 270 g/mol. The minimum Gasteiger partial charge on any atom is -0.186 e. The molecule has 0 saturated heterocycles. The summed E-state index contributed by atoms with van der Waals surface area (Å²) < 4.78 is 0. The van der Waals surface area contributed by atoms with Crippen molar-refractivity contribution in [2.45, 2.75) is 104 Å². The molecule has 0 amide bonds. The lowest BCUT2D eigenvalue weighted by Gasteiger charge is -2.02. The highest BCUT2D eigenvalue weighted by Crippen LogP contribution is 2.12. The zero-order chi connectivity index (χ0) is 14.6. The van der Waals surface area contributed by atoms with Crippen LogP contribution in [-0.2, 0) is 9.59 Å². The van der Waals surface area contributed by atoms with Gasteiger partial charge in [-0.1, -0.05) is 104 Å². The van der Waals surface area contributed by atoms with E-state index in [2.05, 4.69) is 13.8 Å². The van der Waals surface area contributed by atoms with Crippen molar-refractivity contribution in [1.82, 2.24) is 0 Å². The van der Waals surface area contributed by atoms with E-state index in [1.807, 2.05) is 0 Å². The van der Waals surface area contributed by atoms with Gasteiger partial charge in [-0.25, -0.2) is 0 Å². The van der Waals surface area contributed by atoms with Crippen LogP contribution in [0, 0.1) is 0 Å². The van der Waals surface area contributed by atoms with Gasteiger partial charge in [0.1, 0.15) is 0 Å². The molecule has 0 aromatic rings. The van der Waals surface area contributed by atoms with Crippen molar-refractivity contribution >= 4 is 6.15 Å². The van der Waals surface area contributed by atoms with Gasteiger partial charge < -0.3 is 0 Å². The fourth-order valence-electron chi connectivity index (χ4n) is 2.27. The van der Waals surface area contributed by atoms with Crippen molar-refractivity contribution < 1.29 is 9.59 Å². The Morgan fingerprint density at radius 1 is 0.474 bits per heavy atom. The van der Waals surface area contributed by atoms with Gasteiger partial charge in [0, 0.05) is 0 Å². The summed E-state index contributed by atoms with van der Waals surface area (Å²) in [5.41, 5.74) is 0. The fraction of sp³-hybridized carbons (Fsp3) is 0.941.